The Balaban J connectivity index is 2.71. The smallest absolute Gasteiger partial charge is 0.328 e. The van der Waals surface area contributed by atoms with Crippen LogP contribution in [0.5, 0.6) is 5.75 Å². The molecule has 0 saturated heterocycles. The molecule has 0 spiro atoms. The minimum atomic E-state index is -1.06. The number of carbonyl (C=O) groups excluding carboxylic acids is 2. The first kappa shape index (κ1) is 14.6. The van der Waals surface area contributed by atoms with E-state index in [0.717, 1.165) is 0 Å². The molecule has 19 heavy (non-hydrogen) atoms. The molecule has 102 valence electrons. The van der Waals surface area contributed by atoms with Crippen molar-refractivity contribution < 1.29 is 19.2 Å². The summed E-state index contributed by atoms with van der Waals surface area (Å²) in [6, 6.07) is 4.37. The van der Waals surface area contributed by atoms with Crippen LogP contribution in [0.3, 0.4) is 0 Å². The Morgan fingerprint density at radius 1 is 1.37 bits per heavy atom. The lowest BCUT2D eigenvalue weighted by Crippen LogP contribution is -2.35. The highest BCUT2D eigenvalue weighted by Crippen LogP contribution is 2.26. The van der Waals surface area contributed by atoms with Crippen molar-refractivity contribution in [3.05, 3.63) is 34.4 Å². The van der Waals surface area contributed by atoms with Crippen molar-refractivity contribution in [2.45, 2.75) is 18.9 Å². The maximum absolute atomic E-state index is 11.6. The first-order chi connectivity index (χ1) is 8.91. The number of nitro groups is 1. The molecule has 0 saturated carbocycles. The summed E-state index contributed by atoms with van der Waals surface area (Å²) in [6.07, 6.45) is -0.0397. The van der Waals surface area contributed by atoms with Gasteiger partial charge in [-0.15, -0.1) is 0 Å². The molecular formula is C11H13N3O5. The van der Waals surface area contributed by atoms with Gasteiger partial charge in [-0.2, -0.15) is 0 Å². The second-order valence-corrected chi connectivity index (χ2v) is 3.76. The van der Waals surface area contributed by atoms with Crippen molar-refractivity contribution in [2.24, 2.45) is 11.5 Å². The summed E-state index contributed by atoms with van der Waals surface area (Å²) in [4.78, 5) is 32.2. The standard InChI is InChI=1S/C11H13N3O5/c12-7(5-6-10(13)15)11(16)19-9-4-2-1-3-8(9)14(17)18/h1-4,7H,5-6,12H2,(H2,13,15)/t7-/m0/s1. The Bertz CT molecular complexity index is 503. The maximum Gasteiger partial charge on any atom is 0.328 e. The lowest BCUT2D eigenvalue weighted by Gasteiger charge is -2.10. The van der Waals surface area contributed by atoms with E-state index in [1.54, 1.807) is 0 Å². The molecule has 8 nitrogen and oxygen atoms in total. The maximum atomic E-state index is 11.6. The Morgan fingerprint density at radius 2 is 2.00 bits per heavy atom. The zero-order valence-corrected chi connectivity index (χ0v) is 9.94. The molecule has 0 bridgehead atoms. The number of nitrogens with two attached hydrogens (primary N) is 2. The summed E-state index contributed by atoms with van der Waals surface area (Å²) in [5.41, 5.74) is 10.1. The van der Waals surface area contributed by atoms with Crippen molar-refractivity contribution in [3.63, 3.8) is 0 Å². The SMILES string of the molecule is NC(=O)CC[C@H](N)C(=O)Oc1ccccc1[N+](=O)[O-]. The third kappa shape index (κ3) is 4.36. The van der Waals surface area contributed by atoms with E-state index >= 15 is 0 Å². The normalized spacial score (nSPS) is 11.6. The fourth-order valence-electron chi connectivity index (χ4n) is 1.29. The van der Waals surface area contributed by atoms with Crippen molar-refractivity contribution in [3.8, 4) is 5.75 Å². The number of carbonyl (C=O) groups is 2. The van der Waals surface area contributed by atoms with Crippen LogP contribution in [-0.2, 0) is 9.59 Å². The molecular weight excluding hydrogens is 254 g/mol. The van der Waals surface area contributed by atoms with Crippen LogP contribution in [-0.4, -0.2) is 22.8 Å². The molecule has 1 atom stereocenters. The lowest BCUT2D eigenvalue weighted by molar-refractivity contribution is -0.385. The monoisotopic (exact) mass is 267 g/mol. The van der Waals surface area contributed by atoms with Gasteiger partial charge in [0.2, 0.25) is 11.7 Å². The van der Waals surface area contributed by atoms with Gasteiger partial charge in [0.05, 0.1) is 4.92 Å². The van der Waals surface area contributed by atoms with Crippen LogP contribution < -0.4 is 16.2 Å². The van der Waals surface area contributed by atoms with Gasteiger partial charge in [-0.05, 0) is 12.5 Å². The van der Waals surface area contributed by atoms with Crippen molar-refractivity contribution in [1.82, 2.24) is 0 Å². The van der Waals surface area contributed by atoms with Gasteiger partial charge in [-0.3, -0.25) is 14.9 Å². The van der Waals surface area contributed by atoms with Crippen LogP contribution in [0.4, 0.5) is 5.69 Å². The largest absolute Gasteiger partial charge is 0.418 e. The van der Waals surface area contributed by atoms with E-state index < -0.39 is 22.8 Å². The van der Waals surface area contributed by atoms with E-state index in [2.05, 4.69) is 0 Å². The summed E-state index contributed by atoms with van der Waals surface area (Å²) in [5, 5.41) is 10.7. The van der Waals surface area contributed by atoms with Gasteiger partial charge in [-0.25, -0.2) is 4.79 Å². The van der Waals surface area contributed by atoms with Crippen molar-refractivity contribution in [1.29, 1.82) is 0 Å². The molecule has 1 amide bonds. The topological polar surface area (TPSA) is 139 Å². The van der Waals surface area contributed by atoms with Gasteiger partial charge >= 0.3 is 11.7 Å². The van der Waals surface area contributed by atoms with Crippen LogP contribution in [0.15, 0.2) is 24.3 Å². The van der Waals surface area contributed by atoms with Crippen LogP contribution in [0.2, 0.25) is 0 Å². The van der Waals surface area contributed by atoms with Crippen LogP contribution in [0, 0.1) is 10.1 Å². The van der Waals surface area contributed by atoms with Crippen LogP contribution in [0.1, 0.15) is 12.8 Å². The zero-order chi connectivity index (χ0) is 14.4. The Morgan fingerprint density at radius 3 is 2.58 bits per heavy atom. The van der Waals surface area contributed by atoms with Gasteiger partial charge in [0.15, 0.2) is 0 Å². The quantitative estimate of drug-likeness (QED) is 0.324. The van der Waals surface area contributed by atoms with Gasteiger partial charge in [0.1, 0.15) is 6.04 Å². The number of primary amides is 1. The highest BCUT2D eigenvalue weighted by atomic mass is 16.6. The Hall–Kier alpha value is -2.48. The fourth-order valence-corrected chi connectivity index (χ4v) is 1.29. The number of ether oxygens (including phenoxy) is 1. The molecule has 0 aliphatic heterocycles. The number of hydrogen-bond acceptors (Lipinski definition) is 6. The first-order valence-corrected chi connectivity index (χ1v) is 5.41. The van der Waals surface area contributed by atoms with E-state index in [9.17, 15) is 19.7 Å². The van der Waals surface area contributed by atoms with E-state index in [1.807, 2.05) is 0 Å². The molecule has 0 aliphatic carbocycles. The number of esters is 1. The number of nitrogens with zero attached hydrogens (tertiary/aromatic N) is 1. The molecule has 0 heterocycles. The van der Waals surface area contributed by atoms with E-state index in [1.165, 1.54) is 24.3 Å². The fraction of sp³-hybridized carbons (Fsp3) is 0.273. The van der Waals surface area contributed by atoms with E-state index in [0.29, 0.717) is 0 Å². The second kappa shape index (κ2) is 6.45. The predicted molar refractivity (Wildman–Crippen MR) is 65.1 cm³/mol. The van der Waals surface area contributed by atoms with Gasteiger partial charge in [-0.1, -0.05) is 12.1 Å². The molecule has 0 unspecified atom stereocenters. The number of nitro benzene ring substituents is 1. The Kier molecular flexibility index (Phi) is 4.95. The number of rotatable bonds is 6. The third-order valence-corrected chi connectivity index (χ3v) is 2.28. The molecule has 1 aromatic carbocycles. The number of benzene rings is 1. The summed E-state index contributed by atoms with van der Waals surface area (Å²) in [7, 11) is 0. The molecule has 4 N–H and O–H groups in total. The van der Waals surface area contributed by atoms with Crippen molar-refractivity contribution in [2.75, 3.05) is 0 Å². The highest BCUT2D eigenvalue weighted by Gasteiger charge is 2.21. The number of para-hydroxylation sites is 2. The summed E-state index contributed by atoms with van der Waals surface area (Å²) >= 11 is 0. The molecule has 1 rings (SSSR count). The summed E-state index contributed by atoms with van der Waals surface area (Å²) < 4.78 is 4.84. The van der Waals surface area contributed by atoms with Crippen LogP contribution >= 0.6 is 0 Å². The molecule has 1 aromatic rings. The predicted octanol–water partition coefficient (Wildman–Crippen LogP) is 0.0930. The van der Waals surface area contributed by atoms with Crippen molar-refractivity contribution >= 4 is 17.6 Å². The number of hydrogen-bond donors (Lipinski definition) is 2. The van der Waals surface area contributed by atoms with Gasteiger partial charge in [0, 0.05) is 12.5 Å². The molecule has 0 aromatic heterocycles. The van der Waals surface area contributed by atoms with Gasteiger partial charge < -0.3 is 16.2 Å². The minimum Gasteiger partial charge on any atom is -0.418 e. The lowest BCUT2D eigenvalue weighted by atomic mass is 10.1. The second-order valence-electron chi connectivity index (χ2n) is 3.76. The minimum absolute atomic E-state index is 0.0226. The summed E-state index contributed by atoms with van der Waals surface area (Å²) in [6.45, 7) is 0. The molecule has 8 heteroatoms. The zero-order valence-electron chi connectivity index (χ0n) is 9.94. The Labute approximate surface area is 108 Å². The van der Waals surface area contributed by atoms with E-state index in [-0.39, 0.29) is 24.3 Å². The molecule has 0 radical (unpaired) electrons. The highest BCUT2D eigenvalue weighted by molar-refractivity contribution is 5.80. The van der Waals surface area contributed by atoms with Crippen LogP contribution in [0.25, 0.3) is 0 Å². The third-order valence-electron chi connectivity index (χ3n) is 2.28. The average Bonchev–Trinajstić information content (AvgIpc) is 2.36. The summed E-state index contributed by atoms with van der Waals surface area (Å²) in [5.74, 6) is -1.63. The number of amides is 1. The van der Waals surface area contributed by atoms with Gasteiger partial charge in [0.25, 0.3) is 0 Å². The average molecular weight is 267 g/mol. The molecule has 0 aliphatic rings. The van der Waals surface area contributed by atoms with E-state index in [4.69, 9.17) is 16.2 Å². The molecule has 0 fully saturated rings. The first-order valence-electron chi connectivity index (χ1n) is 5.41.